The fourth-order valence-electron chi connectivity index (χ4n) is 1.69. The van der Waals surface area contributed by atoms with Crippen molar-refractivity contribution in [3.05, 3.63) is 34.4 Å². The van der Waals surface area contributed by atoms with E-state index in [2.05, 4.69) is 20.3 Å². The highest BCUT2D eigenvalue weighted by atomic mass is 35.5. The molecular weight excluding hydrogens is 276 g/mol. The Bertz CT molecular complexity index is 595. The zero-order chi connectivity index (χ0) is 14.7. The minimum atomic E-state index is 0.224. The lowest BCUT2D eigenvalue weighted by molar-refractivity contribution is 0.465. The van der Waals surface area contributed by atoms with Gasteiger partial charge in [-0.15, -0.1) is 0 Å². The summed E-state index contributed by atoms with van der Waals surface area (Å²) >= 11 is 6.14. The quantitative estimate of drug-likeness (QED) is 0.851. The first-order chi connectivity index (χ1) is 9.51. The van der Waals surface area contributed by atoms with E-state index in [0.717, 1.165) is 29.4 Å². The predicted octanol–water partition coefficient (Wildman–Crippen LogP) is 3.72. The highest BCUT2D eigenvalue weighted by Crippen LogP contribution is 2.23. The van der Waals surface area contributed by atoms with Crippen molar-refractivity contribution >= 4 is 17.4 Å². The standard InChI is InChI=1S/C14H19ClN4O/c1-5-10-6-16-11(20-10)7-17-14-9(4)12(15)18-13(19-14)8(2)3/h6,8H,5,7H2,1-4H3,(H,17,18,19). The van der Waals surface area contributed by atoms with Gasteiger partial charge in [-0.2, -0.15) is 0 Å². The maximum Gasteiger partial charge on any atom is 0.213 e. The Balaban J connectivity index is 2.16. The van der Waals surface area contributed by atoms with Crippen molar-refractivity contribution in [1.82, 2.24) is 15.0 Å². The molecule has 0 atom stereocenters. The van der Waals surface area contributed by atoms with Gasteiger partial charge < -0.3 is 9.73 Å². The second kappa shape index (κ2) is 6.22. The highest BCUT2D eigenvalue weighted by molar-refractivity contribution is 6.30. The lowest BCUT2D eigenvalue weighted by atomic mass is 10.2. The monoisotopic (exact) mass is 294 g/mol. The summed E-state index contributed by atoms with van der Waals surface area (Å²) in [4.78, 5) is 13.0. The molecule has 6 heteroatoms. The van der Waals surface area contributed by atoms with Gasteiger partial charge in [-0.05, 0) is 6.92 Å². The van der Waals surface area contributed by atoms with Crippen molar-refractivity contribution in [2.75, 3.05) is 5.32 Å². The molecule has 2 aromatic rings. The number of anilines is 1. The smallest absolute Gasteiger partial charge is 0.213 e. The molecule has 0 aliphatic carbocycles. The molecule has 0 bridgehead atoms. The molecule has 0 unspecified atom stereocenters. The second-order valence-corrected chi connectivity index (χ2v) is 5.29. The molecular formula is C14H19ClN4O. The molecule has 0 aliphatic heterocycles. The summed E-state index contributed by atoms with van der Waals surface area (Å²) in [6, 6.07) is 0. The number of oxazole rings is 1. The molecule has 0 amide bonds. The number of halogens is 1. The summed E-state index contributed by atoms with van der Waals surface area (Å²) in [5.74, 6) is 3.20. The first-order valence-electron chi connectivity index (χ1n) is 6.72. The Labute approximate surface area is 123 Å². The third-order valence-electron chi connectivity index (χ3n) is 2.98. The van der Waals surface area contributed by atoms with Crippen molar-refractivity contribution in [2.24, 2.45) is 0 Å². The van der Waals surface area contributed by atoms with Crippen LogP contribution < -0.4 is 5.32 Å². The number of nitrogens with one attached hydrogen (secondary N) is 1. The number of hydrogen-bond acceptors (Lipinski definition) is 5. The Kier molecular flexibility index (Phi) is 4.60. The van der Waals surface area contributed by atoms with Crippen molar-refractivity contribution in [1.29, 1.82) is 0 Å². The van der Waals surface area contributed by atoms with Gasteiger partial charge in [0.15, 0.2) is 0 Å². The van der Waals surface area contributed by atoms with Crippen LogP contribution in [-0.2, 0) is 13.0 Å². The molecule has 0 aromatic carbocycles. The lowest BCUT2D eigenvalue weighted by Gasteiger charge is -2.11. The molecule has 20 heavy (non-hydrogen) atoms. The van der Waals surface area contributed by atoms with E-state index in [4.69, 9.17) is 16.0 Å². The van der Waals surface area contributed by atoms with Gasteiger partial charge in [-0.3, -0.25) is 0 Å². The average Bonchev–Trinajstić information content (AvgIpc) is 2.88. The number of nitrogens with zero attached hydrogens (tertiary/aromatic N) is 3. The third kappa shape index (κ3) is 3.28. The predicted molar refractivity (Wildman–Crippen MR) is 79.1 cm³/mol. The fourth-order valence-corrected chi connectivity index (χ4v) is 1.86. The number of aryl methyl sites for hydroxylation is 1. The minimum absolute atomic E-state index is 0.224. The summed E-state index contributed by atoms with van der Waals surface area (Å²) < 4.78 is 5.55. The largest absolute Gasteiger partial charge is 0.444 e. The van der Waals surface area contributed by atoms with Crippen LogP contribution in [0.5, 0.6) is 0 Å². The third-order valence-corrected chi connectivity index (χ3v) is 3.35. The van der Waals surface area contributed by atoms with Crippen molar-refractivity contribution in [3.8, 4) is 0 Å². The van der Waals surface area contributed by atoms with Crippen LogP contribution in [0.1, 0.15) is 49.7 Å². The molecule has 2 rings (SSSR count). The topological polar surface area (TPSA) is 63.8 Å². The van der Waals surface area contributed by atoms with Gasteiger partial charge in [0.2, 0.25) is 5.89 Å². The van der Waals surface area contributed by atoms with Crippen LogP contribution >= 0.6 is 11.6 Å². The maximum absolute atomic E-state index is 6.14. The Hall–Kier alpha value is -1.62. The zero-order valence-corrected chi connectivity index (χ0v) is 13.0. The van der Waals surface area contributed by atoms with E-state index in [-0.39, 0.29) is 5.92 Å². The summed E-state index contributed by atoms with van der Waals surface area (Å²) in [5, 5.41) is 3.69. The molecule has 5 nitrogen and oxygen atoms in total. The average molecular weight is 295 g/mol. The molecule has 1 N–H and O–H groups in total. The van der Waals surface area contributed by atoms with Crippen LogP contribution in [0.2, 0.25) is 5.15 Å². The van der Waals surface area contributed by atoms with E-state index in [1.165, 1.54) is 0 Å². The first kappa shape index (κ1) is 14.8. The molecule has 0 fully saturated rings. The van der Waals surface area contributed by atoms with Gasteiger partial charge >= 0.3 is 0 Å². The van der Waals surface area contributed by atoms with Gasteiger partial charge in [0.1, 0.15) is 22.6 Å². The molecule has 108 valence electrons. The second-order valence-electron chi connectivity index (χ2n) is 4.93. The van der Waals surface area contributed by atoms with Gasteiger partial charge in [0.25, 0.3) is 0 Å². The van der Waals surface area contributed by atoms with E-state index in [1.54, 1.807) is 6.20 Å². The number of hydrogen-bond donors (Lipinski definition) is 1. The van der Waals surface area contributed by atoms with Crippen LogP contribution in [-0.4, -0.2) is 15.0 Å². The summed E-state index contributed by atoms with van der Waals surface area (Å²) in [6.07, 6.45) is 2.58. The molecule has 0 saturated heterocycles. The van der Waals surface area contributed by atoms with Gasteiger partial charge in [0, 0.05) is 17.9 Å². The zero-order valence-electron chi connectivity index (χ0n) is 12.2. The van der Waals surface area contributed by atoms with E-state index < -0.39 is 0 Å². The first-order valence-corrected chi connectivity index (χ1v) is 7.10. The fraction of sp³-hybridized carbons (Fsp3) is 0.500. The SMILES string of the molecule is CCc1cnc(CNc2nc(C(C)C)nc(Cl)c2C)o1. The van der Waals surface area contributed by atoms with Gasteiger partial charge in [-0.25, -0.2) is 15.0 Å². The van der Waals surface area contributed by atoms with E-state index in [9.17, 15) is 0 Å². The molecule has 0 radical (unpaired) electrons. The van der Waals surface area contributed by atoms with Crippen molar-refractivity contribution in [2.45, 2.75) is 46.6 Å². The normalized spacial score (nSPS) is 11.1. The lowest BCUT2D eigenvalue weighted by Crippen LogP contribution is -2.08. The van der Waals surface area contributed by atoms with Crippen LogP contribution in [0.3, 0.4) is 0 Å². The summed E-state index contributed by atoms with van der Waals surface area (Å²) in [5.41, 5.74) is 0.832. The summed E-state index contributed by atoms with van der Waals surface area (Å²) in [7, 11) is 0. The highest BCUT2D eigenvalue weighted by Gasteiger charge is 2.12. The molecule has 2 aromatic heterocycles. The molecule has 0 aliphatic rings. The van der Waals surface area contributed by atoms with E-state index in [1.807, 2.05) is 27.7 Å². The Morgan fingerprint density at radius 3 is 2.70 bits per heavy atom. The maximum atomic E-state index is 6.14. The van der Waals surface area contributed by atoms with Crippen molar-refractivity contribution in [3.63, 3.8) is 0 Å². The minimum Gasteiger partial charge on any atom is -0.444 e. The van der Waals surface area contributed by atoms with E-state index in [0.29, 0.717) is 17.6 Å². The number of aromatic nitrogens is 3. The van der Waals surface area contributed by atoms with Crippen molar-refractivity contribution < 1.29 is 4.42 Å². The number of rotatable bonds is 5. The Morgan fingerprint density at radius 1 is 1.35 bits per heavy atom. The van der Waals surface area contributed by atoms with Gasteiger partial charge in [0.05, 0.1) is 12.7 Å². The Morgan fingerprint density at radius 2 is 2.10 bits per heavy atom. The molecule has 2 heterocycles. The van der Waals surface area contributed by atoms with Crippen LogP contribution in [0.4, 0.5) is 5.82 Å². The van der Waals surface area contributed by atoms with Crippen LogP contribution in [0.15, 0.2) is 10.6 Å². The summed E-state index contributed by atoms with van der Waals surface area (Å²) in [6.45, 7) is 8.47. The van der Waals surface area contributed by atoms with Gasteiger partial charge in [-0.1, -0.05) is 32.4 Å². The van der Waals surface area contributed by atoms with E-state index >= 15 is 0 Å². The van der Waals surface area contributed by atoms with Crippen LogP contribution in [0.25, 0.3) is 0 Å². The molecule has 0 spiro atoms. The van der Waals surface area contributed by atoms with Crippen LogP contribution in [0, 0.1) is 6.92 Å². The molecule has 0 saturated carbocycles.